The molecule has 0 aromatic carbocycles. The number of rotatable bonds is 2. The van der Waals surface area contributed by atoms with E-state index in [2.05, 4.69) is 15.3 Å². The molecule has 0 spiro atoms. The van der Waals surface area contributed by atoms with E-state index in [1.165, 1.54) is 11.9 Å². The van der Waals surface area contributed by atoms with Crippen LogP contribution in [0.3, 0.4) is 0 Å². The van der Waals surface area contributed by atoms with E-state index in [1.54, 1.807) is 0 Å². The number of nitrogens with one attached hydrogen (secondary N) is 1. The van der Waals surface area contributed by atoms with E-state index < -0.39 is 24.1 Å². The van der Waals surface area contributed by atoms with Crippen LogP contribution in [0.2, 0.25) is 0 Å². The van der Waals surface area contributed by atoms with Crippen molar-refractivity contribution in [1.82, 2.24) is 9.97 Å². The fourth-order valence-corrected chi connectivity index (χ4v) is 1.81. The Kier molecular flexibility index (Phi) is 3.50. The second-order valence-corrected chi connectivity index (χ2v) is 4.22. The molecule has 2 rings (SSSR count). The molecule has 0 amide bonds. The van der Waals surface area contributed by atoms with Crippen molar-refractivity contribution in [3.63, 3.8) is 0 Å². The average molecular weight is 278 g/mol. The van der Waals surface area contributed by atoms with E-state index in [9.17, 15) is 23.4 Å². The van der Waals surface area contributed by atoms with Gasteiger partial charge in [-0.15, -0.1) is 0 Å². The number of hydrogen-bond acceptors (Lipinski definition) is 6. The predicted octanol–water partition coefficient (Wildman–Crippen LogP) is 0.0789. The van der Waals surface area contributed by atoms with Crippen molar-refractivity contribution in [1.29, 1.82) is 0 Å². The summed E-state index contributed by atoms with van der Waals surface area (Å²) in [5.41, 5.74) is -1.07. The Labute approximate surface area is 106 Å². The second kappa shape index (κ2) is 4.82. The molecule has 1 saturated heterocycles. The molecule has 106 valence electrons. The van der Waals surface area contributed by atoms with Crippen molar-refractivity contribution in [3.05, 3.63) is 11.8 Å². The highest BCUT2D eigenvalue weighted by molar-refractivity contribution is 5.46. The molecule has 2 atom stereocenters. The van der Waals surface area contributed by atoms with Crippen LogP contribution in [0, 0.1) is 0 Å². The number of aliphatic hydroxyl groups is 2. The van der Waals surface area contributed by atoms with Crippen molar-refractivity contribution < 1.29 is 23.4 Å². The summed E-state index contributed by atoms with van der Waals surface area (Å²) in [6, 6.07) is 0.797. The summed E-state index contributed by atoms with van der Waals surface area (Å²) in [5, 5.41) is 21.3. The molecular formula is C10H13F3N4O2. The lowest BCUT2D eigenvalue weighted by Crippen LogP contribution is -2.24. The van der Waals surface area contributed by atoms with Crippen LogP contribution in [-0.2, 0) is 6.18 Å². The van der Waals surface area contributed by atoms with Gasteiger partial charge in [-0.05, 0) is 0 Å². The number of nitrogens with zero attached hydrogens (tertiary/aromatic N) is 3. The third kappa shape index (κ3) is 2.87. The van der Waals surface area contributed by atoms with Crippen LogP contribution in [-0.4, -0.2) is 52.5 Å². The Morgan fingerprint density at radius 1 is 1.26 bits per heavy atom. The van der Waals surface area contributed by atoms with Crippen molar-refractivity contribution in [2.45, 2.75) is 18.4 Å². The molecule has 19 heavy (non-hydrogen) atoms. The molecule has 9 heteroatoms. The number of alkyl halides is 3. The van der Waals surface area contributed by atoms with Gasteiger partial charge in [-0.3, -0.25) is 0 Å². The smallest absolute Gasteiger partial charge is 0.389 e. The van der Waals surface area contributed by atoms with E-state index in [-0.39, 0.29) is 24.9 Å². The van der Waals surface area contributed by atoms with Crippen LogP contribution in [0.25, 0.3) is 0 Å². The lowest BCUT2D eigenvalue weighted by molar-refractivity contribution is -0.141. The number of anilines is 2. The monoisotopic (exact) mass is 278 g/mol. The largest absolute Gasteiger partial charge is 0.433 e. The fraction of sp³-hybridized carbons (Fsp3) is 0.600. The molecule has 3 N–H and O–H groups in total. The minimum atomic E-state index is -4.58. The van der Waals surface area contributed by atoms with Gasteiger partial charge in [0.25, 0.3) is 0 Å². The van der Waals surface area contributed by atoms with Crippen LogP contribution in [0.1, 0.15) is 5.69 Å². The third-order valence-electron chi connectivity index (χ3n) is 2.81. The van der Waals surface area contributed by atoms with Gasteiger partial charge in [-0.25, -0.2) is 4.98 Å². The minimum Gasteiger partial charge on any atom is -0.389 e. The lowest BCUT2D eigenvalue weighted by atomic mass is 10.3. The molecule has 1 aromatic rings. The van der Waals surface area contributed by atoms with Gasteiger partial charge >= 0.3 is 6.18 Å². The number of aliphatic hydroxyl groups excluding tert-OH is 2. The van der Waals surface area contributed by atoms with Gasteiger partial charge in [-0.1, -0.05) is 0 Å². The Bertz CT molecular complexity index is 459. The SMILES string of the molecule is CNc1nc(N2CC(O)C(O)C2)cc(C(F)(F)F)n1. The first kappa shape index (κ1) is 13.8. The zero-order chi connectivity index (χ0) is 14.2. The molecule has 0 saturated carbocycles. The molecular weight excluding hydrogens is 265 g/mol. The molecule has 1 aliphatic heterocycles. The summed E-state index contributed by atoms with van der Waals surface area (Å²) >= 11 is 0. The molecule has 2 unspecified atom stereocenters. The van der Waals surface area contributed by atoms with E-state index >= 15 is 0 Å². The second-order valence-electron chi connectivity index (χ2n) is 4.22. The van der Waals surface area contributed by atoms with E-state index in [0.29, 0.717) is 0 Å². The maximum atomic E-state index is 12.7. The van der Waals surface area contributed by atoms with Gasteiger partial charge in [0, 0.05) is 26.2 Å². The van der Waals surface area contributed by atoms with Gasteiger partial charge in [0.15, 0.2) is 5.69 Å². The van der Waals surface area contributed by atoms with Gasteiger partial charge in [0.1, 0.15) is 5.82 Å². The standard InChI is InChI=1S/C10H13F3N4O2/c1-14-9-15-7(10(11,12)13)2-8(16-9)17-3-5(18)6(19)4-17/h2,5-6,18-19H,3-4H2,1H3,(H,14,15,16). The summed E-state index contributed by atoms with van der Waals surface area (Å²) in [5.74, 6) is -0.150. The normalized spacial score (nSPS) is 23.8. The van der Waals surface area contributed by atoms with Crippen molar-refractivity contribution in [2.24, 2.45) is 0 Å². The summed E-state index contributed by atoms with van der Waals surface area (Å²) in [4.78, 5) is 8.61. The first-order chi connectivity index (χ1) is 8.81. The number of aromatic nitrogens is 2. The van der Waals surface area contributed by atoms with Crippen LogP contribution in [0.15, 0.2) is 6.07 Å². The zero-order valence-electron chi connectivity index (χ0n) is 10.0. The Hall–Kier alpha value is -1.61. The molecule has 2 heterocycles. The third-order valence-corrected chi connectivity index (χ3v) is 2.81. The molecule has 1 aliphatic rings. The molecule has 0 radical (unpaired) electrons. The van der Waals surface area contributed by atoms with Gasteiger partial charge in [0.05, 0.1) is 12.2 Å². The van der Waals surface area contributed by atoms with E-state index in [4.69, 9.17) is 0 Å². The maximum Gasteiger partial charge on any atom is 0.433 e. The zero-order valence-corrected chi connectivity index (χ0v) is 10.0. The van der Waals surface area contributed by atoms with E-state index in [1.807, 2.05) is 0 Å². The van der Waals surface area contributed by atoms with Gasteiger partial charge in [0.2, 0.25) is 5.95 Å². The van der Waals surface area contributed by atoms with Gasteiger partial charge < -0.3 is 20.4 Å². The maximum absolute atomic E-state index is 12.7. The van der Waals surface area contributed by atoms with Crippen molar-refractivity contribution in [2.75, 3.05) is 30.4 Å². The van der Waals surface area contributed by atoms with Crippen molar-refractivity contribution >= 4 is 11.8 Å². The number of hydrogen-bond donors (Lipinski definition) is 3. The molecule has 6 nitrogen and oxygen atoms in total. The van der Waals surface area contributed by atoms with Crippen LogP contribution >= 0.6 is 0 Å². The number of halogens is 3. The molecule has 0 bridgehead atoms. The summed E-state index contributed by atoms with van der Waals surface area (Å²) in [6.45, 7) is 0.0528. The van der Waals surface area contributed by atoms with Crippen LogP contribution < -0.4 is 10.2 Å². The quantitative estimate of drug-likeness (QED) is 0.711. The summed E-state index contributed by atoms with van der Waals surface area (Å²) < 4.78 is 38.1. The number of β-amino-alcohol motifs (C(OH)–C–C–N with tert-alkyl or cyclic N) is 2. The lowest BCUT2D eigenvalue weighted by Gasteiger charge is -2.18. The topological polar surface area (TPSA) is 81.5 Å². The Morgan fingerprint density at radius 3 is 2.32 bits per heavy atom. The van der Waals surface area contributed by atoms with Crippen LogP contribution in [0.5, 0.6) is 0 Å². The minimum absolute atomic E-state index is 0.0160. The van der Waals surface area contributed by atoms with Crippen molar-refractivity contribution in [3.8, 4) is 0 Å². The highest BCUT2D eigenvalue weighted by Gasteiger charge is 2.36. The molecule has 0 aliphatic carbocycles. The first-order valence-electron chi connectivity index (χ1n) is 5.56. The Balaban J connectivity index is 2.35. The Morgan fingerprint density at radius 2 is 1.84 bits per heavy atom. The van der Waals surface area contributed by atoms with E-state index in [0.717, 1.165) is 6.07 Å². The highest BCUT2D eigenvalue weighted by Crippen LogP contribution is 2.31. The first-order valence-corrected chi connectivity index (χ1v) is 5.56. The summed E-state index contributed by atoms with van der Waals surface area (Å²) in [7, 11) is 1.41. The fourth-order valence-electron chi connectivity index (χ4n) is 1.81. The average Bonchev–Trinajstić information content (AvgIpc) is 2.68. The molecule has 1 aromatic heterocycles. The highest BCUT2D eigenvalue weighted by atomic mass is 19.4. The summed E-state index contributed by atoms with van der Waals surface area (Å²) in [6.07, 6.45) is -6.58. The predicted molar refractivity (Wildman–Crippen MR) is 60.8 cm³/mol. The molecule has 1 fully saturated rings. The van der Waals surface area contributed by atoms with Gasteiger partial charge in [-0.2, -0.15) is 18.2 Å². The van der Waals surface area contributed by atoms with Crippen LogP contribution in [0.4, 0.5) is 24.9 Å².